The summed E-state index contributed by atoms with van der Waals surface area (Å²) >= 11 is 0. The number of benzene rings is 1. The van der Waals surface area contributed by atoms with Crippen molar-refractivity contribution in [2.75, 3.05) is 25.0 Å². The summed E-state index contributed by atoms with van der Waals surface area (Å²) in [5.41, 5.74) is 0.569. The Morgan fingerprint density at radius 1 is 1.19 bits per heavy atom. The largest absolute Gasteiger partial charge is 0.481 e. The van der Waals surface area contributed by atoms with E-state index in [1.165, 1.54) is 0 Å². The van der Waals surface area contributed by atoms with Gasteiger partial charge in [0.1, 0.15) is 0 Å². The Morgan fingerprint density at radius 2 is 1.81 bits per heavy atom. The van der Waals surface area contributed by atoms with Gasteiger partial charge >= 0.3 is 5.97 Å². The zero-order valence-corrected chi connectivity index (χ0v) is 12.9. The smallest absolute Gasteiger partial charge is 0.303 e. The summed E-state index contributed by atoms with van der Waals surface area (Å²) in [5, 5.41) is 11.6. The van der Waals surface area contributed by atoms with Crippen LogP contribution < -0.4 is 10.2 Å². The van der Waals surface area contributed by atoms with Gasteiger partial charge in [0.15, 0.2) is 0 Å². The minimum atomic E-state index is -0.878. The lowest BCUT2D eigenvalue weighted by atomic mass is 9.85. The van der Waals surface area contributed by atoms with Crippen LogP contribution in [-0.2, 0) is 9.59 Å². The average Bonchev–Trinajstić information content (AvgIpc) is 2.37. The SMILES string of the molecule is CN(CCNC(=O)CC(C)(C)CC(=O)O)c1ccccc1. The predicted octanol–water partition coefficient (Wildman–Crippen LogP) is 2.13. The molecule has 0 aromatic heterocycles. The summed E-state index contributed by atoms with van der Waals surface area (Å²) in [7, 11) is 1.97. The maximum absolute atomic E-state index is 11.8. The molecule has 0 spiro atoms. The highest BCUT2D eigenvalue weighted by atomic mass is 16.4. The lowest BCUT2D eigenvalue weighted by Crippen LogP contribution is -2.35. The molecule has 0 saturated heterocycles. The summed E-state index contributed by atoms with van der Waals surface area (Å²) in [4.78, 5) is 24.6. The zero-order chi connectivity index (χ0) is 15.9. The summed E-state index contributed by atoms with van der Waals surface area (Å²) in [6.45, 7) is 4.82. The predicted molar refractivity (Wildman–Crippen MR) is 83.4 cm³/mol. The van der Waals surface area contributed by atoms with Crippen molar-refractivity contribution in [3.05, 3.63) is 30.3 Å². The van der Waals surface area contributed by atoms with E-state index in [4.69, 9.17) is 5.11 Å². The maximum Gasteiger partial charge on any atom is 0.303 e. The van der Waals surface area contributed by atoms with Gasteiger partial charge < -0.3 is 15.3 Å². The topological polar surface area (TPSA) is 69.6 Å². The summed E-state index contributed by atoms with van der Waals surface area (Å²) in [6.07, 6.45) is 0.207. The van der Waals surface area contributed by atoms with E-state index in [-0.39, 0.29) is 18.7 Å². The number of amides is 1. The number of hydrogen-bond donors (Lipinski definition) is 2. The van der Waals surface area contributed by atoms with E-state index >= 15 is 0 Å². The van der Waals surface area contributed by atoms with E-state index in [0.717, 1.165) is 5.69 Å². The highest BCUT2D eigenvalue weighted by molar-refractivity contribution is 5.77. The third kappa shape index (κ3) is 6.79. The molecular formula is C16H24N2O3. The number of carboxylic acids is 1. The molecule has 0 aliphatic heterocycles. The molecule has 1 aromatic carbocycles. The van der Waals surface area contributed by atoms with Gasteiger partial charge in [-0.2, -0.15) is 0 Å². The van der Waals surface area contributed by atoms with E-state index in [9.17, 15) is 9.59 Å². The number of aliphatic carboxylic acids is 1. The average molecular weight is 292 g/mol. The second kappa shape index (κ2) is 7.67. The fourth-order valence-electron chi connectivity index (χ4n) is 2.14. The Labute approximate surface area is 126 Å². The molecule has 1 amide bonds. The number of para-hydroxylation sites is 1. The number of likely N-dealkylation sites (N-methyl/N-ethyl adjacent to an activating group) is 1. The number of hydrogen-bond acceptors (Lipinski definition) is 3. The molecule has 0 aliphatic carbocycles. The first-order chi connectivity index (χ1) is 9.80. The van der Waals surface area contributed by atoms with E-state index < -0.39 is 11.4 Å². The molecule has 0 fully saturated rings. The molecule has 0 saturated carbocycles. The maximum atomic E-state index is 11.8. The highest BCUT2D eigenvalue weighted by Gasteiger charge is 2.24. The van der Waals surface area contributed by atoms with Gasteiger partial charge in [-0.25, -0.2) is 0 Å². The molecule has 116 valence electrons. The molecule has 0 unspecified atom stereocenters. The van der Waals surface area contributed by atoms with Crippen molar-refractivity contribution in [2.24, 2.45) is 5.41 Å². The van der Waals surface area contributed by atoms with Gasteiger partial charge in [0.05, 0.1) is 6.42 Å². The molecule has 0 radical (unpaired) electrons. The standard InChI is InChI=1S/C16H24N2O3/c1-16(2,12-15(20)21)11-14(19)17-9-10-18(3)13-7-5-4-6-8-13/h4-8H,9-12H2,1-3H3,(H,17,19)(H,20,21). The molecular weight excluding hydrogens is 268 g/mol. The number of nitrogens with one attached hydrogen (secondary N) is 1. The Kier molecular flexibility index (Phi) is 6.21. The van der Waals surface area contributed by atoms with Crippen LogP contribution in [0.5, 0.6) is 0 Å². The molecule has 5 nitrogen and oxygen atoms in total. The van der Waals surface area contributed by atoms with Gasteiger partial charge in [-0.1, -0.05) is 32.0 Å². The van der Waals surface area contributed by atoms with Gasteiger partial charge in [0, 0.05) is 32.2 Å². The van der Waals surface area contributed by atoms with E-state index in [0.29, 0.717) is 13.1 Å². The van der Waals surface area contributed by atoms with Crippen molar-refractivity contribution in [1.82, 2.24) is 5.32 Å². The van der Waals surface area contributed by atoms with Crippen LogP contribution in [0.15, 0.2) is 30.3 Å². The summed E-state index contributed by atoms with van der Waals surface area (Å²) in [6, 6.07) is 9.93. The molecule has 5 heteroatoms. The van der Waals surface area contributed by atoms with Crippen LogP contribution in [0, 0.1) is 5.41 Å². The normalized spacial score (nSPS) is 11.0. The number of rotatable bonds is 8. The molecule has 1 rings (SSSR count). The van der Waals surface area contributed by atoms with Crippen LogP contribution in [-0.4, -0.2) is 37.1 Å². The van der Waals surface area contributed by atoms with Crippen LogP contribution in [0.3, 0.4) is 0 Å². The van der Waals surface area contributed by atoms with Gasteiger partial charge in [-0.3, -0.25) is 9.59 Å². The number of carboxylic acid groups (broad SMARTS) is 1. The fourth-order valence-corrected chi connectivity index (χ4v) is 2.14. The fraction of sp³-hybridized carbons (Fsp3) is 0.500. The van der Waals surface area contributed by atoms with Crippen molar-refractivity contribution in [3.63, 3.8) is 0 Å². The highest BCUT2D eigenvalue weighted by Crippen LogP contribution is 2.24. The van der Waals surface area contributed by atoms with Gasteiger partial charge in [0.25, 0.3) is 0 Å². The Hall–Kier alpha value is -2.04. The Morgan fingerprint density at radius 3 is 2.38 bits per heavy atom. The first-order valence-corrected chi connectivity index (χ1v) is 7.05. The first kappa shape index (κ1) is 17.0. The Bertz CT molecular complexity index is 472. The minimum Gasteiger partial charge on any atom is -0.481 e. The molecule has 0 heterocycles. The minimum absolute atomic E-state index is 0.00959. The summed E-state index contributed by atoms with van der Waals surface area (Å²) in [5.74, 6) is -0.987. The second-order valence-electron chi connectivity index (χ2n) is 6.02. The van der Waals surface area contributed by atoms with Crippen molar-refractivity contribution in [3.8, 4) is 0 Å². The summed E-state index contributed by atoms with van der Waals surface area (Å²) < 4.78 is 0. The lowest BCUT2D eigenvalue weighted by Gasteiger charge is -2.23. The number of anilines is 1. The van der Waals surface area contributed by atoms with Crippen molar-refractivity contribution in [2.45, 2.75) is 26.7 Å². The number of carbonyl (C=O) groups is 2. The third-order valence-corrected chi connectivity index (χ3v) is 3.24. The van der Waals surface area contributed by atoms with E-state index in [2.05, 4.69) is 10.2 Å². The number of nitrogens with zero attached hydrogens (tertiary/aromatic N) is 1. The van der Waals surface area contributed by atoms with Gasteiger partial charge in [-0.05, 0) is 17.5 Å². The van der Waals surface area contributed by atoms with Crippen LogP contribution in [0.2, 0.25) is 0 Å². The molecule has 2 N–H and O–H groups in total. The molecule has 0 atom stereocenters. The quantitative estimate of drug-likeness (QED) is 0.770. The van der Waals surface area contributed by atoms with Crippen LogP contribution in [0.25, 0.3) is 0 Å². The molecule has 1 aromatic rings. The van der Waals surface area contributed by atoms with Gasteiger partial charge in [0.2, 0.25) is 5.91 Å². The lowest BCUT2D eigenvalue weighted by molar-refractivity contribution is -0.139. The van der Waals surface area contributed by atoms with Crippen molar-refractivity contribution >= 4 is 17.6 Å². The van der Waals surface area contributed by atoms with Crippen molar-refractivity contribution in [1.29, 1.82) is 0 Å². The van der Waals surface area contributed by atoms with Crippen LogP contribution >= 0.6 is 0 Å². The third-order valence-electron chi connectivity index (χ3n) is 3.24. The monoisotopic (exact) mass is 292 g/mol. The van der Waals surface area contributed by atoms with Crippen LogP contribution in [0.1, 0.15) is 26.7 Å². The van der Waals surface area contributed by atoms with Crippen molar-refractivity contribution < 1.29 is 14.7 Å². The molecule has 0 bridgehead atoms. The van der Waals surface area contributed by atoms with E-state index in [1.54, 1.807) is 13.8 Å². The zero-order valence-electron chi connectivity index (χ0n) is 12.9. The Balaban J connectivity index is 2.32. The molecule has 21 heavy (non-hydrogen) atoms. The number of carbonyl (C=O) groups excluding carboxylic acids is 1. The van der Waals surface area contributed by atoms with Crippen LogP contribution in [0.4, 0.5) is 5.69 Å². The molecule has 0 aliphatic rings. The van der Waals surface area contributed by atoms with E-state index in [1.807, 2.05) is 37.4 Å². The second-order valence-corrected chi connectivity index (χ2v) is 6.02. The van der Waals surface area contributed by atoms with Gasteiger partial charge in [-0.15, -0.1) is 0 Å². The first-order valence-electron chi connectivity index (χ1n) is 7.05.